The lowest BCUT2D eigenvalue weighted by molar-refractivity contribution is -0.137. The van der Waals surface area contributed by atoms with E-state index in [1.54, 1.807) is 12.1 Å². The molecule has 176 valence electrons. The van der Waals surface area contributed by atoms with Crippen LogP contribution in [0, 0.1) is 13.8 Å². The fraction of sp³-hybridized carbons (Fsp3) is 0.630. The van der Waals surface area contributed by atoms with Crippen LogP contribution >= 0.6 is 0 Å². The minimum absolute atomic E-state index is 0.332. The molecule has 0 atom stereocenters. The van der Waals surface area contributed by atoms with Gasteiger partial charge in [-0.2, -0.15) is 0 Å². The molecule has 0 spiro atoms. The van der Waals surface area contributed by atoms with Gasteiger partial charge in [0.05, 0.1) is 5.56 Å². The molecule has 0 radical (unpaired) electrons. The van der Waals surface area contributed by atoms with Crippen molar-refractivity contribution in [2.75, 3.05) is 0 Å². The maximum absolute atomic E-state index is 10.6. The molecule has 0 aliphatic carbocycles. The van der Waals surface area contributed by atoms with E-state index in [4.69, 9.17) is 10.2 Å². The quantitative estimate of drug-likeness (QED) is 0.204. The number of allylic oxidation sites excluding steroid dienone is 2. The van der Waals surface area contributed by atoms with Gasteiger partial charge in [0.1, 0.15) is 0 Å². The normalized spacial score (nSPS) is 10.7. The summed E-state index contributed by atoms with van der Waals surface area (Å²) in [5.74, 6) is -1.52. The second-order valence-electron chi connectivity index (χ2n) is 8.28. The Morgan fingerprint density at radius 1 is 0.774 bits per heavy atom. The first-order chi connectivity index (χ1) is 14.9. The molecule has 31 heavy (non-hydrogen) atoms. The molecule has 0 bridgehead atoms. The molecule has 1 aromatic carbocycles. The zero-order chi connectivity index (χ0) is 23.3. The Morgan fingerprint density at radius 2 is 1.29 bits per heavy atom. The molecule has 0 aliphatic rings. The fourth-order valence-electron chi connectivity index (χ4n) is 3.33. The van der Waals surface area contributed by atoms with Gasteiger partial charge in [-0.1, -0.05) is 82.6 Å². The first-order valence-corrected chi connectivity index (χ1v) is 12.1. The van der Waals surface area contributed by atoms with Gasteiger partial charge in [-0.3, -0.25) is 4.79 Å². The Bertz CT molecular complexity index is 634. The van der Waals surface area contributed by atoms with E-state index in [0.717, 1.165) is 24.0 Å². The molecule has 2 N–H and O–H groups in total. The van der Waals surface area contributed by atoms with Crippen LogP contribution in [0.3, 0.4) is 0 Å². The van der Waals surface area contributed by atoms with Crippen molar-refractivity contribution < 1.29 is 19.8 Å². The molecule has 4 nitrogen and oxygen atoms in total. The number of unbranched alkanes of at least 4 members (excludes halogenated alkanes) is 11. The highest BCUT2D eigenvalue weighted by Gasteiger charge is 2.06. The number of hydrogen-bond donors (Lipinski definition) is 2. The third-order valence-electron chi connectivity index (χ3n) is 5.49. The minimum Gasteiger partial charge on any atom is -0.481 e. The largest absolute Gasteiger partial charge is 0.481 e. The van der Waals surface area contributed by atoms with Gasteiger partial charge in [-0.05, 0) is 63.1 Å². The monoisotopic (exact) mass is 432 g/mol. The smallest absolute Gasteiger partial charge is 0.335 e. The van der Waals surface area contributed by atoms with E-state index in [2.05, 4.69) is 19.1 Å². The maximum Gasteiger partial charge on any atom is 0.335 e. The van der Waals surface area contributed by atoms with Crippen molar-refractivity contribution in [2.24, 2.45) is 0 Å². The second-order valence-corrected chi connectivity index (χ2v) is 8.28. The van der Waals surface area contributed by atoms with E-state index in [0.29, 0.717) is 12.0 Å². The predicted molar refractivity (Wildman–Crippen MR) is 130 cm³/mol. The van der Waals surface area contributed by atoms with Crippen LogP contribution in [-0.4, -0.2) is 22.2 Å². The van der Waals surface area contributed by atoms with Crippen LogP contribution < -0.4 is 0 Å². The van der Waals surface area contributed by atoms with Crippen LogP contribution in [0.2, 0.25) is 0 Å². The lowest BCUT2D eigenvalue weighted by atomic mass is 10.0. The van der Waals surface area contributed by atoms with E-state index in [1.807, 2.05) is 19.9 Å². The number of aryl methyl sites for hydroxylation is 1. The van der Waals surface area contributed by atoms with Crippen LogP contribution in [-0.2, 0) is 4.79 Å². The lowest BCUT2D eigenvalue weighted by Gasteiger charge is -2.02. The zero-order valence-corrected chi connectivity index (χ0v) is 20.0. The molecule has 0 amide bonds. The molecule has 0 saturated heterocycles. The number of carboxylic acids is 2. The number of benzene rings is 1. The highest BCUT2D eigenvalue weighted by atomic mass is 16.4. The summed E-state index contributed by atoms with van der Waals surface area (Å²) in [5, 5.41) is 17.2. The van der Waals surface area contributed by atoms with Gasteiger partial charge in [0.15, 0.2) is 0 Å². The third-order valence-corrected chi connectivity index (χ3v) is 5.49. The predicted octanol–water partition coefficient (Wildman–Crippen LogP) is 8.11. The van der Waals surface area contributed by atoms with E-state index >= 15 is 0 Å². The van der Waals surface area contributed by atoms with Crippen molar-refractivity contribution in [1.29, 1.82) is 0 Å². The topological polar surface area (TPSA) is 74.6 Å². The number of carboxylic acid groups (broad SMARTS) is 2. The Labute approximate surface area is 189 Å². The summed E-state index contributed by atoms with van der Waals surface area (Å²) < 4.78 is 0. The minimum atomic E-state index is -0.855. The number of aliphatic carboxylic acids is 1. The zero-order valence-electron chi connectivity index (χ0n) is 20.0. The van der Waals surface area contributed by atoms with Crippen LogP contribution in [0.25, 0.3) is 0 Å². The van der Waals surface area contributed by atoms with Gasteiger partial charge in [-0.25, -0.2) is 4.79 Å². The second kappa shape index (κ2) is 19.8. The molecule has 0 heterocycles. The summed E-state index contributed by atoms with van der Waals surface area (Å²) in [4.78, 5) is 20.9. The van der Waals surface area contributed by atoms with Gasteiger partial charge in [-0.15, -0.1) is 0 Å². The summed E-state index contributed by atoms with van der Waals surface area (Å²) in [6.07, 6.45) is 21.2. The first-order valence-electron chi connectivity index (χ1n) is 12.1. The van der Waals surface area contributed by atoms with E-state index in [9.17, 15) is 9.59 Å². The highest BCUT2D eigenvalue weighted by molar-refractivity contribution is 5.89. The van der Waals surface area contributed by atoms with Crippen molar-refractivity contribution in [1.82, 2.24) is 0 Å². The van der Waals surface area contributed by atoms with Gasteiger partial charge < -0.3 is 10.2 Å². The van der Waals surface area contributed by atoms with Gasteiger partial charge >= 0.3 is 11.9 Å². The number of hydrogen-bond acceptors (Lipinski definition) is 2. The summed E-state index contributed by atoms with van der Waals surface area (Å²) in [7, 11) is 0. The Morgan fingerprint density at radius 3 is 1.77 bits per heavy atom. The van der Waals surface area contributed by atoms with Crippen molar-refractivity contribution in [2.45, 2.75) is 111 Å². The summed E-state index contributed by atoms with van der Waals surface area (Å²) in [6, 6.07) is 5.28. The van der Waals surface area contributed by atoms with Crippen LogP contribution in [0.4, 0.5) is 0 Å². The number of carbonyl (C=O) groups is 2. The molecule has 4 heteroatoms. The number of rotatable bonds is 16. The molecule has 0 aliphatic heterocycles. The Balaban J connectivity index is 0.000000683. The van der Waals surface area contributed by atoms with Crippen LogP contribution in [0.5, 0.6) is 0 Å². The average Bonchev–Trinajstić information content (AvgIpc) is 2.73. The lowest BCUT2D eigenvalue weighted by Crippen LogP contribution is -2.00. The van der Waals surface area contributed by atoms with Crippen molar-refractivity contribution >= 4 is 11.9 Å². The van der Waals surface area contributed by atoms with Crippen molar-refractivity contribution in [3.8, 4) is 0 Å². The molecule has 0 saturated carbocycles. The summed E-state index contributed by atoms with van der Waals surface area (Å²) in [5.41, 5.74) is 2.26. The Kier molecular flexibility index (Phi) is 18.5. The van der Waals surface area contributed by atoms with Crippen LogP contribution in [0.1, 0.15) is 118 Å². The fourth-order valence-corrected chi connectivity index (χ4v) is 3.33. The van der Waals surface area contributed by atoms with Gasteiger partial charge in [0, 0.05) is 6.42 Å². The SMILES string of the molecule is CCCCCCCCC=CCCCCCCCC(=O)O.Cc1cccc(C(=O)O)c1C. The highest BCUT2D eigenvalue weighted by Crippen LogP contribution is 2.12. The number of aromatic carboxylic acids is 1. The summed E-state index contributed by atoms with van der Waals surface area (Å²) >= 11 is 0. The maximum atomic E-state index is 10.6. The first kappa shape index (κ1) is 28.9. The summed E-state index contributed by atoms with van der Waals surface area (Å²) in [6.45, 7) is 5.98. The third kappa shape index (κ3) is 17.3. The van der Waals surface area contributed by atoms with Crippen molar-refractivity contribution in [3.63, 3.8) is 0 Å². The molecular weight excluding hydrogens is 388 g/mol. The average molecular weight is 433 g/mol. The standard InChI is InChI=1S/C18H34O2.C9H10O2/c1-2-3-4-5-6-7-8-9-10-11-12-13-14-15-16-17-18(19)20;1-6-4-3-5-8(7(6)2)9(10)11/h9-10H,2-8,11-17H2,1H3,(H,19,20);3-5H,1-2H3,(H,10,11). The molecular formula is C27H44O4. The molecule has 1 rings (SSSR count). The molecule has 0 fully saturated rings. The van der Waals surface area contributed by atoms with Gasteiger partial charge in [0.2, 0.25) is 0 Å². The van der Waals surface area contributed by atoms with E-state index in [1.165, 1.54) is 70.6 Å². The molecule has 1 aromatic rings. The van der Waals surface area contributed by atoms with Crippen LogP contribution in [0.15, 0.2) is 30.4 Å². The molecule has 0 aromatic heterocycles. The van der Waals surface area contributed by atoms with E-state index < -0.39 is 11.9 Å². The van der Waals surface area contributed by atoms with E-state index in [-0.39, 0.29) is 0 Å². The Hall–Kier alpha value is -2.10. The van der Waals surface area contributed by atoms with Gasteiger partial charge in [0.25, 0.3) is 0 Å². The van der Waals surface area contributed by atoms with Crippen molar-refractivity contribution in [3.05, 3.63) is 47.0 Å². The molecule has 0 unspecified atom stereocenters.